The fourth-order valence-electron chi connectivity index (χ4n) is 2.15. The van der Waals surface area contributed by atoms with Crippen molar-refractivity contribution in [3.05, 3.63) is 72.4 Å². The molecule has 5 heteroatoms. The molecule has 0 bridgehead atoms. The van der Waals surface area contributed by atoms with Gasteiger partial charge in [-0.1, -0.05) is 35.4 Å². The summed E-state index contributed by atoms with van der Waals surface area (Å²) in [7, 11) is 0. The molecule has 3 rings (SSSR count). The Balaban J connectivity index is 0.00000176. The third kappa shape index (κ3) is 3.81. The fourth-order valence-corrected chi connectivity index (χ4v) is 2.15. The average molecular weight is 315 g/mol. The van der Waals surface area contributed by atoms with Gasteiger partial charge in [0.05, 0.1) is 5.56 Å². The van der Waals surface area contributed by atoms with Crippen LogP contribution in [0.3, 0.4) is 0 Å². The number of benzene rings is 2. The Labute approximate surface area is 135 Å². The molecule has 0 fully saturated rings. The standard InChI is InChI=1S/C17H14N2O2.ClH/c20-13-15-10-11-19(18-15)12-14-6-4-5-9-17(14)21-16-7-2-1-3-8-16;/h1-11,13H,12H2;1H. The van der Waals surface area contributed by atoms with Crippen LogP contribution in [0.1, 0.15) is 5.56 Å². The Morgan fingerprint density at radius 1 is 1.05 bits per heavy atom. The van der Waals surface area contributed by atoms with Crippen LogP contribution in [-0.4, -0.2) is 12.0 Å². The van der Waals surface area contributed by atoms with Crippen molar-refractivity contribution in [2.75, 3.05) is 0 Å². The second-order valence-electron chi connectivity index (χ2n) is 4.68. The number of carbonyl (C=O) groups excluding carboxylic acids is 1. The van der Waals surface area contributed by atoms with Gasteiger partial charge in [-0.15, -0.1) is 0 Å². The lowest BCUT2D eigenvalue weighted by Crippen LogP contribution is -3.00. The summed E-state index contributed by atoms with van der Waals surface area (Å²) in [5.74, 6) is 1.60. The van der Waals surface area contributed by atoms with Crippen LogP contribution in [0, 0.1) is 0 Å². The summed E-state index contributed by atoms with van der Waals surface area (Å²) in [6.45, 7) is 0.636. The molecule has 4 nitrogen and oxygen atoms in total. The van der Waals surface area contributed by atoms with Crippen LogP contribution in [0.25, 0.3) is 0 Å². The molecule has 22 heavy (non-hydrogen) atoms. The number of nitrogens with one attached hydrogen (secondary N) is 1. The molecule has 0 saturated carbocycles. The highest BCUT2D eigenvalue weighted by atomic mass is 35.5. The largest absolute Gasteiger partial charge is 1.00 e. The van der Waals surface area contributed by atoms with Crippen LogP contribution in [0.2, 0.25) is 0 Å². The van der Waals surface area contributed by atoms with Crippen LogP contribution >= 0.6 is 0 Å². The van der Waals surface area contributed by atoms with Crippen LogP contribution in [0.5, 0.6) is 11.5 Å². The molecule has 0 amide bonds. The molecular weight excluding hydrogens is 300 g/mol. The molecule has 0 radical (unpaired) electrons. The lowest BCUT2D eigenvalue weighted by molar-refractivity contribution is -0.865. The van der Waals surface area contributed by atoms with Gasteiger partial charge in [-0.2, -0.15) is 5.01 Å². The van der Waals surface area contributed by atoms with Crippen molar-refractivity contribution in [1.82, 2.24) is 0 Å². The SMILES string of the molecule is O=CC1=N[NH+](Cc2ccccc2Oc2ccccc2)C=C1.[Cl-]. The lowest BCUT2D eigenvalue weighted by atomic mass is 10.2. The Morgan fingerprint density at radius 2 is 1.77 bits per heavy atom. The molecule has 0 spiro atoms. The number of allylic oxidation sites excluding steroid dienone is 1. The van der Waals surface area contributed by atoms with Crippen LogP contribution < -0.4 is 22.2 Å². The Bertz CT molecular complexity index is 699. The normalized spacial score (nSPS) is 15.8. The number of rotatable bonds is 5. The number of hydrogen-bond acceptors (Lipinski definition) is 3. The Kier molecular flexibility index (Phi) is 5.47. The van der Waals surface area contributed by atoms with Crippen molar-refractivity contribution in [1.29, 1.82) is 0 Å². The van der Waals surface area contributed by atoms with E-state index in [1.807, 2.05) is 60.8 Å². The van der Waals surface area contributed by atoms with E-state index in [4.69, 9.17) is 4.74 Å². The molecular formula is C17H15ClN2O2. The van der Waals surface area contributed by atoms with E-state index in [-0.39, 0.29) is 12.4 Å². The van der Waals surface area contributed by atoms with Gasteiger partial charge in [0.2, 0.25) is 0 Å². The van der Waals surface area contributed by atoms with Crippen LogP contribution in [0.4, 0.5) is 0 Å². The van der Waals surface area contributed by atoms with E-state index in [0.29, 0.717) is 12.3 Å². The average Bonchev–Trinajstić information content (AvgIpc) is 2.98. The number of aldehydes is 1. The number of quaternary nitrogens is 1. The minimum atomic E-state index is 0. The highest BCUT2D eigenvalue weighted by Crippen LogP contribution is 2.24. The second kappa shape index (κ2) is 7.54. The number of ether oxygens (including phenoxy) is 1. The van der Waals surface area contributed by atoms with Crippen LogP contribution in [0.15, 0.2) is 72.0 Å². The van der Waals surface area contributed by atoms with E-state index < -0.39 is 0 Å². The van der Waals surface area contributed by atoms with E-state index in [1.165, 1.54) is 0 Å². The molecule has 112 valence electrons. The summed E-state index contributed by atoms with van der Waals surface area (Å²) in [5.41, 5.74) is 1.50. The summed E-state index contributed by atoms with van der Waals surface area (Å²) < 4.78 is 5.92. The first-order chi connectivity index (χ1) is 10.3. The van der Waals surface area contributed by atoms with E-state index in [2.05, 4.69) is 5.10 Å². The van der Waals surface area contributed by atoms with Crippen molar-refractivity contribution >= 4 is 12.0 Å². The van der Waals surface area contributed by atoms with Crippen molar-refractivity contribution in [3.8, 4) is 11.5 Å². The van der Waals surface area contributed by atoms with Gasteiger partial charge in [-0.25, -0.2) is 0 Å². The molecule has 0 aliphatic carbocycles. The predicted octanol–water partition coefficient (Wildman–Crippen LogP) is -1.05. The monoisotopic (exact) mass is 314 g/mol. The first-order valence-corrected chi connectivity index (χ1v) is 6.74. The number of para-hydroxylation sites is 2. The molecule has 1 N–H and O–H groups in total. The summed E-state index contributed by atoms with van der Waals surface area (Å²) in [5, 5.41) is 5.11. The number of halogens is 1. The molecule has 2 aromatic carbocycles. The maximum Gasteiger partial charge on any atom is 0.174 e. The highest BCUT2D eigenvalue weighted by Gasteiger charge is 2.16. The third-order valence-electron chi connectivity index (χ3n) is 3.16. The van der Waals surface area contributed by atoms with Gasteiger partial charge in [-0.05, 0) is 24.3 Å². The van der Waals surface area contributed by atoms with Gasteiger partial charge in [0.25, 0.3) is 0 Å². The number of carbonyl (C=O) groups is 1. The molecule has 1 unspecified atom stereocenters. The molecule has 2 aromatic rings. The molecule has 1 heterocycles. The molecule has 0 aromatic heterocycles. The van der Waals surface area contributed by atoms with Gasteiger partial charge in [-0.3, -0.25) is 4.79 Å². The minimum absolute atomic E-state index is 0. The lowest BCUT2D eigenvalue weighted by Gasteiger charge is -2.11. The van der Waals surface area contributed by atoms with Crippen molar-refractivity contribution in [3.63, 3.8) is 0 Å². The van der Waals surface area contributed by atoms with E-state index in [9.17, 15) is 4.79 Å². The third-order valence-corrected chi connectivity index (χ3v) is 3.16. The van der Waals surface area contributed by atoms with Gasteiger partial charge < -0.3 is 17.1 Å². The predicted molar refractivity (Wildman–Crippen MR) is 80.3 cm³/mol. The molecule has 1 aliphatic rings. The quantitative estimate of drug-likeness (QED) is 0.716. The summed E-state index contributed by atoms with van der Waals surface area (Å²) in [4.78, 5) is 10.7. The number of nitrogens with zero attached hydrogens (tertiary/aromatic N) is 1. The van der Waals surface area contributed by atoms with Crippen molar-refractivity contribution in [2.45, 2.75) is 6.54 Å². The van der Waals surface area contributed by atoms with Gasteiger partial charge in [0.1, 0.15) is 24.2 Å². The van der Waals surface area contributed by atoms with Gasteiger partial charge >= 0.3 is 0 Å². The topological polar surface area (TPSA) is 43.1 Å². The number of hydrogen-bond donors (Lipinski definition) is 1. The fraction of sp³-hybridized carbons (Fsp3) is 0.0588. The Morgan fingerprint density at radius 3 is 2.50 bits per heavy atom. The Hall–Kier alpha value is -2.43. The zero-order valence-corrected chi connectivity index (χ0v) is 12.5. The summed E-state index contributed by atoms with van der Waals surface area (Å²) >= 11 is 0. The maximum atomic E-state index is 10.7. The van der Waals surface area contributed by atoms with Crippen LogP contribution in [-0.2, 0) is 11.3 Å². The minimum Gasteiger partial charge on any atom is -1.00 e. The first-order valence-electron chi connectivity index (χ1n) is 6.74. The summed E-state index contributed by atoms with van der Waals surface area (Å²) in [6.07, 6.45) is 4.35. The van der Waals surface area contributed by atoms with E-state index in [0.717, 1.165) is 28.4 Å². The molecule has 1 aliphatic heterocycles. The highest BCUT2D eigenvalue weighted by molar-refractivity contribution is 6.33. The van der Waals surface area contributed by atoms with E-state index >= 15 is 0 Å². The second-order valence-corrected chi connectivity index (χ2v) is 4.68. The van der Waals surface area contributed by atoms with Gasteiger partial charge in [0.15, 0.2) is 12.0 Å². The smallest absolute Gasteiger partial charge is 0.174 e. The summed E-state index contributed by atoms with van der Waals surface area (Å²) in [6, 6.07) is 17.5. The van der Waals surface area contributed by atoms with Gasteiger partial charge in [0, 0.05) is 6.08 Å². The zero-order chi connectivity index (χ0) is 14.5. The van der Waals surface area contributed by atoms with Crippen molar-refractivity contribution in [2.24, 2.45) is 5.10 Å². The molecule has 1 atom stereocenters. The van der Waals surface area contributed by atoms with Crippen molar-refractivity contribution < 1.29 is 26.9 Å². The zero-order valence-electron chi connectivity index (χ0n) is 11.8. The maximum absolute atomic E-state index is 10.7. The molecule has 0 saturated heterocycles. The first kappa shape index (κ1) is 15.9. The van der Waals surface area contributed by atoms with E-state index in [1.54, 1.807) is 6.08 Å².